The van der Waals surface area contributed by atoms with Crippen LogP contribution in [-0.2, 0) is 12.7 Å². The van der Waals surface area contributed by atoms with Gasteiger partial charge < -0.3 is 15.1 Å². The van der Waals surface area contributed by atoms with Crippen LogP contribution in [0.4, 0.5) is 13.2 Å². The van der Waals surface area contributed by atoms with Gasteiger partial charge in [-0.15, -0.1) is 0 Å². The van der Waals surface area contributed by atoms with Crippen molar-refractivity contribution in [3.8, 4) is 0 Å². The molecular formula is C20H31F3N4S. The van der Waals surface area contributed by atoms with E-state index in [1.165, 1.54) is 12.1 Å². The summed E-state index contributed by atoms with van der Waals surface area (Å²) in [4.78, 5) is 6.71. The van der Waals surface area contributed by atoms with Crippen LogP contribution in [0.25, 0.3) is 0 Å². The fourth-order valence-electron chi connectivity index (χ4n) is 3.36. The van der Waals surface area contributed by atoms with Crippen molar-refractivity contribution in [3.63, 3.8) is 0 Å². The zero-order chi connectivity index (χ0) is 20.6. The molecule has 1 aromatic rings. The van der Waals surface area contributed by atoms with Gasteiger partial charge >= 0.3 is 6.18 Å². The maximum Gasteiger partial charge on any atom is 0.416 e. The number of alkyl halides is 3. The monoisotopic (exact) mass is 416 g/mol. The van der Waals surface area contributed by atoms with Gasteiger partial charge in [-0.1, -0.05) is 32.0 Å². The predicted octanol–water partition coefficient (Wildman–Crippen LogP) is 3.43. The molecule has 158 valence electrons. The lowest BCUT2D eigenvalue weighted by Crippen LogP contribution is -2.51. The second-order valence-corrected chi connectivity index (χ2v) is 7.46. The van der Waals surface area contributed by atoms with Crippen molar-refractivity contribution in [1.29, 1.82) is 0 Å². The molecule has 1 aliphatic heterocycles. The van der Waals surface area contributed by atoms with E-state index < -0.39 is 11.7 Å². The van der Waals surface area contributed by atoms with Crippen molar-refractivity contribution in [2.75, 3.05) is 52.4 Å². The van der Waals surface area contributed by atoms with Gasteiger partial charge in [0.2, 0.25) is 0 Å². The van der Waals surface area contributed by atoms with E-state index in [2.05, 4.69) is 33.9 Å². The summed E-state index contributed by atoms with van der Waals surface area (Å²) in [6.45, 7) is 12.1. The molecule has 1 fully saturated rings. The molecule has 0 bridgehead atoms. The lowest BCUT2D eigenvalue weighted by Gasteiger charge is -2.36. The van der Waals surface area contributed by atoms with E-state index in [0.717, 1.165) is 70.0 Å². The molecule has 0 aliphatic carbocycles. The lowest BCUT2D eigenvalue weighted by molar-refractivity contribution is -0.137. The van der Waals surface area contributed by atoms with Crippen molar-refractivity contribution < 1.29 is 13.2 Å². The molecule has 1 aliphatic rings. The third-order valence-electron chi connectivity index (χ3n) is 5.14. The Labute approximate surface area is 171 Å². The molecule has 28 heavy (non-hydrogen) atoms. The highest BCUT2D eigenvalue weighted by molar-refractivity contribution is 7.80. The van der Waals surface area contributed by atoms with Crippen molar-refractivity contribution in [3.05, 3.63) is 35.4 Å². The van der Waals surface area contributed by atoms with Crippen LogP contribution in [0, 0.1) is 0 Å². The number of hydrogen-bond donors (Lipinski definition) is 1. The first-order chi connectivity index (χ1) is 13.3. The Morgan fingerprint density at radius 3 is 2.43 bits per heavy atom. The van der Waals surface area contributed by atoms with Crippen LogP contribution in [0.3, 0.4) is 0 Å². The molecule has 0 aromatic heterocycles. The number of thiocarbonyl (C=S) groups is 1. The van der Waals surface area contributed by atoms with Crippen molar-refractivity contribution in [2.24, 2.45) is 0 Å². The van der Waals surface area contributed by atoms with Gasteiger partial charge in [-0.05, 0) is 49.9 Å². The quantitative estimate of drug-likeness (QED) is 0.516. The Morgan fingerprint density at radius 1 is 1.14 bits per heavy atom. The SMILES string of the molecule is CCN(CC)CCCNC(=S)N1CCN(Cc2cccc(C(F)(F)F)c2)CC1. The van der Waals surface area contributed by atoms with Crippen molar-refractivity contribution in [2.45, 2.75) is 33.0 Å². The molecule has 0 saturated carbocycles. The van der Waals surface area contributed by atoms with E-state index in [0.29, 0.717) is 12.1 Å². The van der Waals surface area contributed by atoms with Gasteiger partial charge in [0.15, 0.2) is 5.11 Å². The molecule has 4 nitrogen and oxygen atoms in total. The van der Waals surface area contributed by atoms with Crippen LogP contribution in [0.2, 0.25) is 0 Å². The number of hydrogen-bond acceptors (Lipinski definition) is 3. The van der Waals surface area contributed by atoms with E-state index in [1.807, 2.05) is 0 Å². The Balaban J connectivity index is 1.72. The van der Waals surface area contributed by atoms with E-state index in [9.17, 15) is 13.2 Å². The zero-order valence-electron chi connectivity index (χ0n) is 16.8. The Kier molecular flexibility index (Phi) is 8.98. The van der Waals surface area contributed by atoms with Crippen LogP contribution in [-0.4, -0.2) is 72.2 Å². The van der Waals surface area contributed by atoms with Gasteiger partial charge in [-0.25, -0.2) is 0 Å². The van der Waals surface area contributed by atoms with Gasteiger partial charge in [0.25, 0.3) is 0 Å². The van der Waals surface area contributed by atoms with E-state index >= 15 is 0 Å². The number of halogens is 3. The minimum Gasteiger partial charge on any atom is -0.363 e. The smallest absolute Gasteiger partial charge is 0.363 e. The molecule has 1 N–H and O–H groups in total. The van der Waals surface area contributed by atoms with Gasteiger partial charge in [0, 0.05) is 39.3 Å². The Morgan fingerprint density at radius 2 is 1.82 bits per heavy atom. The molecule has 0 atom stereocenters. The molecule has 2 rings (SSSR count). The van der Waals surface area contributed by atoms with E-state index in [4.69, 9.17) is 12.2 Å². The van der Waals surface area contributed by atoms with Gasteiger partial charge in [0.1, 0.15) is 0 Å². The normalized spacial score (nSPS) is 15.9. The first-order valence-corrected chi connectivity index (χ1v) is 10.4. The number of nitrogens with zero attached hydrogens (tertiary/aromatic N) is 3. The molecule has 0 spiro atoms. The summed E-state index contributed by atoms with van der Waals surface area (Å²) in [5, 5.41) is 4.11. The summed E-state index contributed by atoms with van der Waals surface area (Å²) in [7, 11) is 0. The second-order valence-electron chi connectivity index (χ2n) is 7.07. The average Bonchev–Trinajstić information content (AvgIpc) is 2.68. The highest BCUT2D eigenvalue weighted by atomic mass is 32.1. The fraction of sp³-hybridized carbons (Fsp3) is 0.650. The summed E-state index contributed by atoms with van der Waals surface area (Å²) in [6.07, 6.45) is -3.24. The van der Waals surface area contributed by atoms with E-state index in [-0.39, 0.29) is 0 Å². The molecule has 1 saturated heterocycles. The van der Waals surface area contributed by atoms with Crippen LogP contribution < -0.4 is 5.32 Å². The average molecular weight is 417 g/mol. The van der Waals surface area contributed by atoms with Crippen LogP contribution in [0.1, 0.15) is 31.4 Å². The Hall–Kier alpha value is -1.38. The number of rotatable bonds is 8. The minimum absolute atomic E-state index is 0.530. The molecule has 0 unspecified atom stereocenters. The third kappa shape index (κ3) is 7.22. The van der Waals surface area contributed by atoms with Crippen LogP contribution >= 0.6 is 12.2 Å². The van der Waals surface area contributed by atoms with Gasteiger partial charge in [0.05, 0.1) is 5.56 Å². The van der Waals surface area contributed by atoms with Crippen molar-refractivity contribution >= 4 is 17.3 Å². The Bertz CT molecular complexity index is 612. The molecule has 1 heterocycles. The van der Waals surface area contributed by atoms with Crippen LogP contribution in [0.15, 0.2) is 24.3 Å². The summed E-state index contributed by atoms with van der Waals surface area (Å²) < 4.78 is 38.6. The fourth-order valence-corrected chi connectivity index (χ4v) is 3.65. The first kappa shape index (κ1) is 22.9. The molecule has 8 heteroatoms. The molecule has 0 radical (unpaired) electrons. The largest absolute Gasteiger partial charge is 0.416 e. The van der Waals surface area contributed by atoms with Crippen molar-refractivity contribution in [1.82, 2.24) is 20.0 Å². The maximum absolute atomic E-state index is 12.9. The lowest BCUT2D eigenvalue weighted by atomic mass is 10.1. The van der Waals surface area contributed by atoms with Gasteiger partial charge in [-0.3, -0.25) is 4.90 Å². The zero-order valence-corrected chi connectivity index (χ0v) is 17.6. The highest BCUT2D eigenvalue weighted by Crippen LogP contribution is 2.29. The molecule has 1 aromatic carbocycles. The number of benzene rings is 1. The first-order valence-electron chi connectivity index (χ1n) is 9.97. The standard InChI is InChI=1S/C20H31F3N4S/c1-3-25(4-2)10-6-9-24-19(28)27-13-11-26(12-14-27)16-17-7-5-8-18(15-17)20(21,22)23/h5,7-8,15H,3-4,6,9-14,16H2,1-2H3,(H,24,28). The summed E-state index contributed by atoms with van der Waals surface area (Å²) in [6, 6.07) is 5.59. The van der Waals surface area contributed by atoms with E-state index in [1.54, 1.807) is 6.07 Å². The predicted molar refractivity (Wildman–Crippen MR) is 111 cm³/mol. The summed E-state index contributed by atoms with van der Waals surface area (Å²) >= 11 is 5.49. The summed E-state index contributed by atoms with van der Waals surface area (Å²) in [5.74, 6) is 0. The highest BCUT2D eigenvalue weighted by Gasteiger charge is 2.30. The second kappa shape index (κ2) is 11.0. The van der Waals surface area contributed by atoms with Crippen LogP contribution in [0.5, 0.6) is 0 Å². The number of piperazine rings is 1. The number of nitrogens with one attached hydrogen (secondary N) is 1. The molecular weight excluding hydrogens is 385 g/mol. The third-order valence-corrected chi connectivity index (χ3v) is 5.54. The van der Waals surface area contributed by atoms with Gasteiger partial charge in [-0.2, -0.15) is 13.2 Å². The minimum atomic E-state index is -4.29. The summed E-state index contributed by atoms with van der Waals surface area (Å²) in [5.41, 5.74) is 0.110. The topological polar surface area (TPSA) is 21.8 Å². The maximum atomic E-state index is 12.9. The molecule has 0 amide bonds.